The van der Waals surface area contributed by atoms with Gasteiger partial charge in [-0.25, -0.2) is 0 Å². The molecule has 0 saturated carbocycles. The van der Waals surface area contributed by atoms with Gasteiger partial charge in [-0.05, 0) is 27.5 Å². The number of carbonyl (C=O) groups is 1. The van der Waals surface area contributed by atoms with E-state index in [-0.39, 0.29) is 0 Å². The third-order valence-corrected chi connectivity index (χ3v) is 3.08. The Bertz CT molecular complexity index is 289. The van der Waals surface area contributed by atoms with Crippen LogP contribution in [-0.4, -0.2) is 21.5 Å². The predicted octanol–water partition coefficient (Wildman–Crippen LogP) is 0.860. The van der Waals surface area contributed by atoms with Crippen LogP contribution in [0.25, 0.3) is 0 Å². The average molecular weight is 251 g/mol. The van der Waals surface area contributed by atoms with Crippen molar-refractivity contribution in [3.05, 3.63) is 15.5 Å². The topological polar surface area (TPSA) is 76.2 Å². The molecule has 1 heterocycles. The van der Waals surface area contributed by atoms with Crippen molar-refractivity contribution >= 4 is 33.4 Å². The van der Waals surface area contributed by atoms with Gasteiger partial charge in [0.05, 0.1) is 10.7 Å². The quantitative estimate of drug-likeness (QED) is 0.835. The second-order valence-corrected chi connectivity index (χ2v) is 3.99. The molecule has 0 aliphatic heterocycles. The molecule has 1 aromatic rings. The first kappa shape index (κ1) is 9.63. The molecular formula is C6H7BrN2O2S. The average Bonchev–Trinajstić information content (AvgIpc) is 2.36. The number of aromatic nitrogens is 1. The molecule has 1 aromatic heterocycles. The normalized spacial score (nSPS) is 12.8. The van der Waals surface area contributed by atoms with Crippen LogP contribution in [0.5, 0.6) is 0 Å². The van der Waals surface area contributed by atoms with Crippen LogP contribution < -0.4 is 5.73 Å². The lowest BCUT2D eigenvalue weighted by Crippen LogP contribution is -2.31. The standard InChI is InChI=1S/C6H7BrN2O2S/c7-3-2-9-12-5(3)1-4(8)6(10)11/h2,4H,1,8H2,(H,10,11). The summed E-state index contributed by atoms with van der Waals surface area (Å²) < 4.78 is 4.70. The minimum Gasteiger partial charge on any atom is -0.480 e. The highest BCUT2D eigenvalue weighted by atomic mass is 79.9. The van der Waals surface area contributed by atoms with Gasteiger partial charge in [-0.2, -0.15) is 4.37 Å². The summed E-state index contributed by atoms with van der Waals surface area (Å²) in [5.74, 6) is -0.990. The molecule has 12 heavy (non-hydrogen) atoms. The molecule has 6 heteroatoms. The maximum absolute atomic E-state index is 10.4. The van der Waals surface area contributed by atoms with E-state index in [1.54, 1.807) is 6.20 Å². The van der Waals surface area contributed by atoms with Crippen LogP contribution in [0.2, 0.25) is 0 Å². The number of carboxylic acid groups (broad SMARTS) is 1. The number of halogens is 1. The summed E-state index contributed by atoms with van der Waals surface area (Å²) in [5.41, 5.74) is 5.34. The van der Waals surface area contributed by atoms with E-state index >= 15 is 0 Å². The SMILES string of the molecule is NC(Cc1sncc1Br)C(=O)O. The van der Waals surface area contributed by atoms with Crippen molar-refractivity contribution in [2.24, 2.45) is 5.73 Å². The Balaban J connectivity index is 2.64. The van der Waals surface area contributed by atoms with Crippen molar-refractivity contribution in [3.63, 3.8) is 0 Å². The summed E-state index contributed by atoms with van der Waals surface area (Å²) in [7, 11) is 0. The number of carboxylic acids is 1. The Morgan fingerprint density at radius 1 is 1.92 bits per heavy atom. The Morgan fingerprint density at radius 2 is 2.58 bits per heavy atom. The van der Waals surface area contributed by atoms with Gasteiger partial charge in [0.1, 0.15) is 6.04 Å². The van der Waals surface area contributed by atoms with Gasteiger partial charge in [-0.1, -0.05) is 0 Å². The van der Waals surface area contributed by atoms with Gasteiger partial charge in [0.15, 0.2) is 0 Å². The first-order chi connectivity index (χ1) is 5.61. The number of nitrogens with zero attached hydrogens (tertiary/aromatic N) is 1. The van der Waals surface area contributed by atoms with E-state index in [4.69, 9.17) is 10.8 Å². The molecular weight excluding hydrogens is 244 g/mol. The van der Waals surface area contributed by atoms with Gasteiger partial charge in [0, 0.05) is 11.3 Å². The van der Waals surface area contributed by atoms with Gasteiger partial charge in [0.25, 0.3) is 0 Å². The van der Waals surface area contributed by atoms with Crippen LogP contribution in [0.1, 0.15) is 4.88 Å². The molecule has 66 valence electrons. The molecule has 0 fully saturated rings. The third-order valence-electron chi connectivity index (χ3n) is 1.32. The molecule has 4 nitrogen and oxygen atoms in total. The van der Waals surface area contributed by atoms with Gasteiger partial charge in [-0.15, -0.1) is 0 Å². The van der Waals surface area contributed by atoms with Crippen LogP contribution in [0, 0.1) is 0 Å². The van der Waals surface area contributed by atoms with Crippen LogP contribution in [0.3, 0.4) is 0 Å². The van der Waals surface area contributed by atoms with Crippen LogP contribution in [-0.2, 0) is 11.2 Å². The maximum atomic E-state index is 10.4. The highest BCUT2D eigenvalue weighted by Gasteiger charge is 2.14. The fourth-order valence-electron chi connectivity index (χ4n) is 0.674. The summed E-state index contributed by atoms with van der Waals surface area (Å²) >= 11 is 4.50. The molecule has 0 radical (unpaired) electrons. The van der Waals surface area contributed by atoms with Crippen LogP contribution in [0.4, 0.5) is 0 Å². The Kier molecular flexibility index (Phi) is 3.19. The zero-order chi connectivity index (χ0) is 9.14. The number of nitrogens with two attached hydrogens (primary N) is 1. The lowest BCUT2D eigenvalue weighted by atomic mass is 10.2. The fraction of sp³-hybridized carbons (Fsp3) is 0.333. The molecule has 0 saturated heterocycles. The van der Waals surface area contributed by atoms with Gasteiger partial charge < -0.3 is 10.8 Å². The van der Waals surface area contributed by atoms with E-state index < -0.39 is 12.0 Å². The minimum atomic E-state index is -0.990. The van der Waals surface area contributed by atoms with E-state index in [1.807, 2.05) is 0 Å². The monoisotopic (exact) mass is 250 g/mol. The predicted molar refractivity (Wildman–Crippen MR) is 49.1 cm³/mol. The first-order valence-electron chi connectivity index (χ1n) is 3.18. The number of rotatable bonds is 3. The van der Waals surface area contributed by atoms with E-state index in [0.29, 0.717) is 6.42 Å². The lowest BCUT2D eigenvalue weighted by molar-refractivity contribution is -0.138. The van der Waals surface area contributed by atoms with Crippen molar-refractivity contribution < 1.29 is 9.90 Å². The molecule has 0 spiro atoms. The third kappa shape index (κ3) is 2.26. The molecule has 1 unspecified atom stereocenters. The second-order valence-electron chi connectivity index (χ2n) is 2.25. The largest absolute Gasteiger partial charge is 0.480 e. The Labute approximate surface area is 81.7 Å². The minimum absolute atomic E-state index is 0.320. The van der Waals surface area contributed by atoms with Crippen molar-refractivity contribution in [2.45, 2.75) is 12.5 Å². The van der Waals surface area contributed by atoms with E-state index in [2.05, 4.69) is 20.3 Å². The number of hydrogen-bond donors (Lipinski definition) is 2. The molecule has 0 bridgehead atoms. The fourth-order valence-corrected chi connectivity index (χ4v) is 1.97. The van der Waals surface area contributed by atoms with Gasteiger partial charge in [-0.3, -0.25) is 4.79 Å². The zero-order valence-corrected chi connectivity index (χ0v) is 8.43. The summed E-state index contributed by atoms with van der Waals surface area (Å²) in [6, 6.07) is -0.846. The Hall–Kier alpha value is -0.460. The second kappa shape index (κ2) is 3.97. The molecule has 0 amide bonds. The highest BCUT2D eigenvalue weighted by molar-refractivity contribution is 9.10. The molecule has 1 rings (SSSR count). The van der Waals surface area contributed by atoms with Gasteiger partial charge >= 0.3 is 5.97 Å². The summed E-state index contributed by atoms with van der Waals surface area (Å²) in [6.07, 6.45) is 1.95. The number of hydrogen-bond acceptors (Lipinski definition) is 4. The van der Waals surface area contributed by atoms with Crippen molar-refractivity contribution in [1.29, 1.82) is 0 Å². The molecule has 3 N–H and O–H groups in total. The lowest BCUT2D eigenvalue weighted by Gasteiger charge is -2.02. The molecule has 0 aromatic carbocycles. The van der Waals surface area contributed by atoms with Crippen molar-refractivity contribution in [2.75, 3.05) is 0 Å². The van der Waals surface area contributed by atoms with E-state index in [1.165, 1.54) is 11.5 Å². The molecule has 1 atom stereocenters. The van der Waals surface area contributed by atoms with E-state index in [0.717, 1.165) is 9.35 Å². The molecule has 0 aliphatic carbocycles. The van der Waals surface area contributed by atoms with E-state index in [9.17, 15) is 4.79 Å². The van der Waals surface area contributed by atoms with Gasteiger partial charge in [0.2, 0.25) is 0 Å². The Morgan fingerprint density at radius 3 is 3.00 bits per heavy atom. The highest BCUT2D eigenvalue weighted by Crippen LogP contribution is 2.20. The smallest absolute Gasteiger partial charge is 0.320 e. The molecule has 0 aliphatic rings. The summed E-state index contributed by atoms with van der Waals surface area (Å²) in [5, 5.41) is 8.52. The summed E-state index contributed by atoms with van der Waals surface area (Å²) in [4.78, 5) is 11.2. The maximum Gasteiger partial charge on any atom is 0.320 e. The van der Waals surface area contributed by atoms with Crippen LogP contribution >= 0.6 is 27.5 Å². The van der Waals surface area contributed by atoms with Crippen molar-refractivity contribution in [3.8, 4) is 0 Å². The van der Waals surface area contributed by atoms with Crippen molar-refractivity contribution in [1.82, 2.24) is 4.37 Å². The van der Waals surface area contributed by atoms with Crippen LogP contribution in [0.15, 0.2) is 10.7 Å². The first-order valence-corrected chi connectivity index (χ1v) is 4.75. The number of aliphatic carboxylic acids is 1. The zero-order valence-electron chi connectivity index (χ0n) is 6.03. The summed E-state index contributed by atoms with van der Waals surface area (Å²) in [6.45, 7) is 0.